The van der Waals surface area contributed by atoms with Crippen molar-refractivity contribution in [3.8, 4) is 5.75 Å². The van der Waals surface area contributed by atoms with Gasteiger partial charge in [-0.05, 0) is 24.6 Å². The second kappa shape index (κ2) is 3.57. The predicted octanol–water partition coefficient (Wildman–Crippen LogP) is 3.43. The van der Waals surface area contributed by atoms with Crippen molar-refractivity contribution >= 4 is 23.3 Å². The predicted molar refractivity (Wildman–Crippen MR) is 66.5 cm³/mol. The van der Waals surface area contributed by atoms with Crippen LogP contribution in [0.4, 0.5) is 4.39 Å². The Labute approximate surface area is 103 Å². The molecule has 3 rings (SSSR count). The van der Waals surface area contributed by atoms with Crippen LogP contribution in [0.1, 0.15) is 19.4 Å². The van der Waals surface area contributed by atoms with Gasteiger partial charge in [-0.15, -0.1) is 0 Å². The lowest BCUT2D eigenvalue weighted by Gasteiger charge is -2.05. The lowest BCUT2D eigenvalue weighted by molar-refractivity contribution is 0.387. The van der Waals surface area contributed by atoms with Gasteiger partial charge in [0.15, 0.2) is 16.3 Å². The van der Waals surface area contributed by atoms with Crippen molar-refractivity contribution < 1.29 is 9.13 Å². The number of benzene rings is 1. The third-order valence-corrected chi connectivity index (χ3v) is 3.69. The quantitative estimate of drug-likeness (QED) is 0.830. The highest BCUT2D eigenvalue weighted by Crippen LogP contribution is 2.44. The molecule has 2 atom stereocenters. The molecule has 1 aliphatic carbocycles. The Hall–Kier alpha value is -1.36. The zero-order chi connectivity index (χ0) is 12.2. The van der Waals surface area contributed by atoms with Gasteiger partial charge in [0, 0.05) is 18.2 Å². The number of fused-ring (bicyclic) bond motifs is 1. The van der Waals surface area contributed by atoms with Gasteiger partial charge in [-0.3, -0.25) is 0 Å². The molecule has 1 N–H and O–H groups in total. The number of ether oxygens (including phenoxy) is 1. The SMILES string of the molecule is COc1cc2c(cc1F)[nH]c(=S)n2C1CC1C. The summed E-state index contributed by atoms with van der Waals surface area (Å²) in [7, 11) is 1.47. The van der Waals surface area contributed by atoms with Crippen molar-refractivity contribution in [2.75, 3.05) is 7.11 Å². The van der Waals surface area contributed by atoms with Crippen LogP contribution in [0.5, 0.6) is 5.75 Å². The van der Waals surface area contributed by atoms with Crippen LogP contribution in [0.2, 0.25) is 0 Å². The van der Waals surface area contributed by atoms with Gasteiger partial charge in [-0.25, -0.2) is 4.39 Å². The Morgan fingerprint density at radius 1 is 1.53 bits per heavy atom. The first kappa shape index (κ1) is 10.8. The molecule has 5 heteroatoms. The van der Waals surface area contributed by atoms with Gasteiger partial charge < -0.3 is 14.3 Å². The largest absolute Gasteiger partial charge is 0.494 e. The minimum atomic E-state index is -0.368. The third-order valence-electron chi connectivity index (χ3n) is 3.39. The maximum atomic E-state index is 13.6. The van der Waals surface area contributed by atoms with E-state index in [1.165, 1.54) is 13.2 Å². The maximum Gasteiger partial charge on any atom is 0.178 e. The molecule has 0 aliphatic heterocycles. The highest BCUT2D eigenvalue weighted by atomic mass is 32.1. The smallest absolute Gasteiger partial charge is 0.178 e. The van der Waals surface area contributed by atoms with E-state index in [1.54, 1.807) is 6.07 Å². The van der Waals surface area contributed by atoms with Gasteiger partial charge in [0.1, 0.15) is 0 Å². The summed E-state index contributed by atoms with van der Waals surface area (Å²) in [4.78, 5) is 3.04. The third kappa shape index (κ3) is 1.57. The molecule has 1 aromatic carbocycles. The second-order valence-electron chi connectivity index (χ2n) is 4.58. The van der Waals surface area contributed by atoms with Crippen LogP contribution in [-0.2, 0) is 0 Å². The minimum absolute atomic E-state index is 0.258. The zero-order valence-electron chi connectivity index (χ0n) is 9.66. The van der Waals surface area contributed by atoms with Crippen molar-refractivity contribution in [1.29, 1.82) is 0 Å². The number of H-pyrrole nitrogens is 1. The molecular formula is C12H13FN2OS. The molecule has 0 spiro atoms. The fourth-order valence-corrected chi connectivity index (χ4v) is 2.62. The van der Waals surface area contributed by atoms with E-state index in [1.807, 2.05) is 0 Å². The average Bonchev–Trinajstić information content (AvgIpc) is 2.89. The lowest BCUT2D eigenvalue weighted by atomic mass is 10.3. The van der Waals surface area contributed by atoms with Crippen LogP contribution >= 0.6 is 12.2 Å². The summed E-state index contributed by atoms with van der Waals surface area (Å²) in [5.41, 5.74) is 1.65. The monoisotopic (exact) mass is 252 g/mol. The Balaban J connectivity index is 2.28. The second-order valence-corrected chi connectivity index (χ2v) is 4.97. The highest BCUT2D eigenvalue weighted by Gasteiger charge is 2.36. The lowest BCUT2D eigenvalue weighted by Crippen LogP contribution is -1.96. The summed E-state index contributed by atoms with van der Waals surface area (Å²) in [6.45, 7) is 2.19. The molecule has 1 aliphatic rings. The number of hydrogen-bond acceptors (Lipinski definition) is 2. The molecule has 2 aromatic rings. The van der Waals surface area contributed by atoms with E-state index >= 15 is 0 Å². The summed E-state index contributed by atoms with van der Waals surface area (Å²) in [5.74, 6) is 0.526. The first-order valence-electron chi connectivity index (χ1n) is 5.59. The number of nitrogens with one attached hydrogen (secondary N) is 1. The molecule has 1 saturated carbocycles. The standard InChI is InChI=1S/C12H13FN2OS/c1-6-3-9(6)15-10-5-11(16-2)7(13)4-8(10)14-12(15)17/h4-6,9H,3H2,1-2H3,(H,14,17). The summed E-state index contributed by atoms with van der Waals surface area (Å²) < 4.78 is 21.3. The van der Waals surface area contributed by atoms with Gasteiger partial charge in [0.2, 0.25) is 0 Å². The van der Waals surface area contributed by atoms with E-state index in [0.29, 0.717) is 16.7 Å². The highest BCUT2D eigenvalue weighted by molar-refractivity contribution is 7.71. The van der Waals surface area contributed by atoms with Crippen molar-refractivity contribution in [2.24, 2.45) is 5.92 Å². The Bertz CT molecular complexity index is 646. The summed E-state index contributed by atoms with van der Waals surface area (Å²) in [6, 6.07) is 3.58. The van der Waals surface area contributed by atoms with Crippen LogP contribution in [0, 0.1) is 16.5 Å². The number of methoxy groups -OCH3 is 1. The van der Waals surface area contributed by atoms with Gasteiger partial charge in [-0.1, -0.05) is 6.92 Å². The van der Waals surface area contributed by atoms with Crippen LogP contribution < -0.4 is 4.74 Å². The Kier molecular flexibility index (Phi) is 2.26. The molecule has 0 saturated heterocycles. The number of imidazole rings is 1. The number of rotatable bonds is 2. The normalized spacial score (nSPS) is 23.0. The van der Waals surface area contributed by atoms with Crippen molar-refractivity contribution in [3.05, 3.63) is 22.7 Å². The van der Waals surface area contributed by atoms with Crippen LogP contribution in [0.15, 0.2) is 12.1 Å². The minimum Gasteiger partial charge on any atom is -0.494 e. The first-order chi connectivity index (χ1) is 8.11. The van der Waals surface area contributed by atoms with Crippen LogP contribution in [0.25, 0.3) is 11.0 Å². The molecular weight excluding hydrogens is 239 g/mol. The molecule has 1 fully saturated rings. The average molecular weight is 252 g/mol. The van der Waals surface area contributed by atoms with Gasteiger partial charge >= 0.3 is 0 Å². The van der Waals surface area contributed by atoms with Crippen LogP contribution in [0.3, 0.4) is 0 Å². The summed E-state index contributed by atoms with van der Waals surface area (Å²) in [5, 5.41) is 0. The van der Waals surface area contributed by atoms with Crippen molar-refractivity contribution in [2.45, 2.75) is 19.4 Å². The van der Waals surface area contributed by atoms with Gasteiger partial charge in [0.05, 0.1) is 18.1 Å². The fourth-order valence-electron chi connectivity index (χ4n) is 2.27. The van der Waals surface area contributed by atoms with Crippen molar-refractivity contribution in [1.82, 2.24) is 9.55 Å². The molecule has 90 valence electrons. The summed E-state index contributed by atoms with van der Waals surface area (Å²) >= 11 is 5.29. The number of nitrogens with zero attached hydrogens (tertiary/aromatic N) is 1. The van der Waals surface area contributed by atoms with E-state index in [9.17, 15) is 4.39 Å². The van der Waals surface area contributed by atoms with E-state index < -0.39 is 0 Å². The molecule has 1 aromatic heterocycles. The van der Waals surface area contributed by atoms with Crippen LogP contribution in [-0.4, -0.2) is 16.7 Å². The maximum absolute atomic E-state index is 13.6. The van der Waals surface area contributed by atoms with E-state index in [0.717, 1.165) is 17.5 Å². The molecule has 17 heavy (non-hydrogen) atoms. The molecule has 2 unspecified atom stereocenters. The van der Waals surface area contributed by atoms with E-state index in [4.69, 9.17) is 17.0 Å². The molecule has 0 bridgehead atoms. The Morgan fingerprint density at radius 2 is 2.24 bits per heavy atom. The Morgan fingerprint density at radius 3 is 2.82 bits per heavy atom. The molecule has 1 heterocycles. The molecule has 3 nitrogen and oxygen atoms in total. The zero-order valence-corrected chi connectivity index (χ0v) is 10.5. The first-order valence-corrected chi connectivity index (χ1v) is 6.00. The number of halogens is 1. The van der Waals surface area contributed by atoms with E-state index in [2.05, 4.69) is 16.5 Å². The molecule has 0 radical (unpaired) electrons. The van der Waals surface area contributed by atoms with E-state index in [-0.39, 0.29) is 11.6 Å². The van der Waals surface area contributed by atoms with Gasteiger partial charge in [-0.2, -0.15) is 0 Å². The number of hydrogen-bond donors (Lipinski definition) is 1. The number of aromatic nitrogens is 2. The molecule has 0 amide bonds. The topological polar surface area (TPSA) is 29.9 Å². The fraction of sp³-hybridized carbons (Fsp3) is 0.417. The van der Waals surface area contributed by atoms with Crippen molar-refractivity contribution in [3.63, 3.8) is 0 Å². The summed E-state index contributed by atoms with van der Waals surface area (Å²) in [6.07, 6.45) is 1.13. The van der Waals surface area contributed by atoms with Gasteiger partial charge in [0.25, 0.3) is 0 Å². The number of aromatic amines is 1.